The zero-order valence-corrected chi connectivity index (χ0v) is 10.1. The number of hydrogen-bond acceptors (Lipinski definition) is 5. The molecule has 1 aromatic rings. The number of nitro groups is 1. The number of benzene rings is 1. The van der Waals surface area contributed by atoms with E-state index in [1.807, 2.05) is 0 Å². The van der Waals surface area contributed by atoms with Crippen molar-refractivity contribution in [2.24, 2.45) is 0 Å². The molecule has 104 valence electrons. The van der Waals surface area contributed by atoms with Gasteiger partial charge in [-0.1, -0.05) is 12.1 Å². The predicted octanol–water partition coefficient (Wildman–Crippen LogP) is 0.660. The Labute approximate surface area is 109 Å². The fraction of sp³-hybridized carbons (Fsp3) is 0.364. The topological polar surface area (TPSA) is 125 Å². The Morgan fingerprint density at radius 1 is 1.37 bits per heavy atom. The van der Waals surface area contributed by atoms with Crippen LogP contribution in [0.4, 0.5) is 10.5 Å². The highest BCUT2D eigenvalue weighted by Crippen LogP contribution is 2.11. The van der Waals surface area contributed by atoms with Crippen LogP contribution in [0.2, 0.25) is 0 Å². The van der Waals surface area contributed by atoms with Gasteiger partial charge < -0.3 is 15.5 Å². The number of nitrogens with one attached hydrogen (secondary N) is 2. The van der Waals surface area contributed by atoms with Crippen molar-refractivity contribution in [3.8, 4) is 0 Å². The van der Waals surface area contributed by atoms with E-state index in [4.69, 9.17) is 5.11 Å². The maximum Gasteiger partial charge on any atom is 0.404 e. The maximum atomic E-state index is 10.4. The monoisotopic (exact) mass is 269 g/mol. The van der Waals surface area contributed by atoms with Crippen molar-refractivity contribution in [2.45, 2.75) is 19.2 Å². The van der Waals surface area contributed by atoms with Crippen molar-refractivity contribution in [2.75, 3.05) is 6.54 Å². The Hall–Kier alpha value is -2.19. The van der Waals surface area contributed by atoms with Gasteiger partial charge in [-0.15, -0.1) is 0 Å². The molecule has 0 aliphatic heterocycles. The molecule has 0 bridgehead atoms. The van der Waals surface area contributed by atoms with Crippen LogP contribution < -0.4 is 10.6 Å². The highest BCUT2D eigenvalue weighted by molar-refractivity contribution is 5.64. The fourth-order valence-corrected chi connectivity index (χ4v) is 1.39. The van der Waals surface area contributed by atoms with E-state index in [9.17, 15) is 20.0 Å². The third kappa shape index (κ3) is 5.80. The summed E-state index contributed by atoms with van der Waals surface area (Å²) in [6.07, 6.45) is -1.75. The summed E-state index contributed by atoms with van der Waals surface area (Å²) in [5.41, 5.74) is 0.797. The summed E-state index contributed by atoms with van der Waals surface area (Å²) in [6.45, 7) is 0.482. The van der Waals surface area contributed by atoms with Crippen LogP contribution >= 0.6 is 0 Å². The van der Waals surface area contributed by atoms with Gasteiger partial charge in [-0.3, -0.25) is 15.4 Å². The van der Waals surface area contributed by atoms with E-state index < -0.39 is 17.2 Å². The van der Waals surface area contributed by atoms with Crippen molar-refractivity contribution < 1.29 is 19.9 Å². The first kappa shape index (κ1) is 14.9. The summed E-state index contributed by atoms with van der Waals surface area (Å²) in [7, 11) is 0. The Morgan fingerprint density at radius 2 is 2.00 bits per heavy atom. The van der Waals surface area contributed by atoms with Crippen LogP contribution in [0.15, 0.2) is 24.3 Å². The Balaban J connectivity index is 2.31. The van der Waals surface area contributed by atoms with Gasteiger partial charge >= 0.3 is 6.09 Å². The molecular formula is C11H15N3O5. The lowest BCUT2D eigenvalue weighted by Crippen LogP contribution is -2.33. The number of aliphatic hydroxyl groups excluding tert-OH is 1. The third-order valence-corrected chi connectivity index (χ3v) is 2.38. The minimum Gasteiger partial charge on any atom is -0.465 e. The highest BCUT2D eigenvalue weighted by Gasteiger charge is 2.06. The molecular weight excluding hydrogens is 254 g/mol. The molecule has 0 aromatic heterocycles. The van der Waals surface area contributed by atoms with Gasteiger partial charge in [0.25, 0.3) is 5.69 Å². The van der Waals surface area contributed by atoms with E-state index in [2.05, 4.69) is 10.6 Å². The number of non-ortho nitro benzene ring substituents is 1. The first-order valence-electron chi connectivity index (χ1n) is 5.60. The highest BCUT2D eigenvalue weighted by atomic mass is 16.6. The Bertz CT molecular complexity index is 434. The molecule has 1 amide bonds. The second kappa shape index (κ2) is 7.29. The summed E-state index contributed by atoms with van der Waals surface area (Å²) in [5.74, 6) is 0. The normalized spacial score (nSPS) is 11.8. The second-order valence-electron chi connectivity index (χ2n) is 3.84. The van der Waals surface area contributed by atoms with Gasteiger partial charge in [0, 0.05) is 31.6 Å². The summed E-state index contributed by atoms with van der Waals surface area (Å²) in [6, 6.07) is 5.95. The summed E-state index contributed by atoms with van der Waals surface area (Å²) < 4.78 is 0. The number of carbonyl (C=O) groups is 1. The van der Waals surface area contributed by atoms with Crippen molar-refractivity contribution in [1.82, 2.24) is 10.6 Å². The van der Waals surface area contributed by atoms with Gasteiger partial charge in [-0.05, 0) is 5.56 Å². The minimum absolute atomic E-state index is 0.00922. The van der Waals surface area contributed by atoms with E-state index in [1.165, 1.54) is 12.1 Å². The SMILES string of the molecule is O=C(O)NCCC(O)NCc1ccc([N+](=O)[O-])cc1. The van der Waals surface area contributed by atoms with Gasteiger partial charge in [-0.25, -0.2) is 4.79 Å². The molecule has 19 heavy (non-hydrogen) atoms. The molecule has 0 aliphatic rings. The predicted molar refractivity (Wildman–Crippen MR) is 66.6 cm³/mol. The lowest BCUT2D eigenvalue weighted by atomic mass is 10.2. The van der Waals surface area contributed by atoms with E-state index in [-0.39, 0.29) is 18.7 Å². The van der Waals surface area contributed by atoms with Crippen LogP contribution in [0.3, 0.4) is 0 Å². The molecule has 1 rings (SSSR count). The number of nitrogens with zero attached hydrogens (tertiary/aromatic N) is 1. The quantitative estimate of drug-likeness (QED) is 0.327. The molecule has 1 unspecified atom stereocenters. The molecule has 0 heterocycles. The zero-order chi connectivity index (χ0) is 14.3. The molecule has 0 saturated heterocycles. The molecule has 0 spiro atoms. The number of amides is 1. The van der Waals surface area contributed by atoms with Crippen LogP contribution in [0.5, 0.6) is 0 Å². The average molecular weight is 269 g/mol. The van der Waals surface area contributed by atoms with Gasteiger partial charge in [0.15, 0.2) is 0 Å². The molecule has 8 nitrogen and oxygen atoms in total. The zero-order valence-electron chi connectivity index (χ0n) is 10.1. The van der Waals surface area contributed by atoms with Crippen LogP contribution in [-0.2, 0) is 6.54 Å². The fourth-order valence-electron chi connectivity index (χ4n) is 1.39. The van der Waals surface area contributed by atoms with E-state index in [0.29, 0.717) is 6.54 Å². The first-order valence-corrected chi connectivity index (χ1v) is 5.60. The van der Waals surface area contributed by atoms with Crippen molar-refractivity contribution in [3.05, 3.63) is 39.9 Å². The number of aliphatic hydroxyl groups is 1. The first-order chi connectivity index (χ1) is 8.99. The molecule has 1 aromatic carbocycles. The Kier molecular flexibility index (Phi) is 5.71. The number of rotatable bonds is 7. The average Bonchev–Trinajstić information content (AvgIpc) is 2.36. The standard InChI is InChI=1S/C11H15N3O5/c15-10(5-6-12-11(16)17)13-7-8-1-3-9(4-2-8)14(18)19/h1-4,10,12-13,15H,5-7H2,(H,16,17). The lowest BCUT2D eigenvalue weighted by Gasteiger charge is -2.12. The molecule has 0 fully saturated rings. The maximum absolute atomic E-state index is 10.4. The van der Waals surface area contributed by atoms with E-state index >= 15 is 0 Å². The lowest BCUT2D eigenvalue weighted by molar-refractivity contribution is -0.384. The van der Waals surface area contributed by atoms with Crippen molar-refractivity contribution >= 4 is 11.8 Å². The van der Waals surface area contributed by atoms with Crippen LogP contribution in [-0.4, -0.2) is 34.0 Å². The minimum atomic E-state index is -1.14. The van der Waals surface area contributed by atoms with Gasteiger partial charge in [0.1, 0.15) is 6.23 Å². The molecule has 0 aliphatic carbocycles. The largest absolute Gasteiger partial charge is 0.465 e. The molecule has 8 heteroatoms. The molecule has 0 radical (unpaired) electrons. The van der Waals surface area contributed by atoms with Crippen molar-refractivity contribution in [3.63, 3.8) is 0 Å². The van der Waals surface area contributed by atoms with Crippen LogP contribution in [0.25, 0.3) is 0 Å². The second-order valence-corrected chi connectivity index (χ2v) is 3.84. The van der Waals surface area contributed by atoms with Gasteiger partial charge in [0.2, 0.25) is 0 Å². The van der Waals surface area contributed by atoms with Gasteiger partial charge in [-0.2, -0.15) is 0 Å². The third-order valence-electron chi connectivity index (χ3n) is 2.38. The summed E-state index contributed by atoms with van der Waals surface area (Å²) in [4.78, 5) is 20.1. The summed E-state index contributed by atoms with van der Waals surface area (Å²) >= 11 is 0. The Morgan fingerprint density at radius 3 is 2.53 bits per heavy atom. The van der Waals surface area contributed by atoms with Gasteiger partial charge in [0.05, 0.1) is 4.92 Å². The van der Waals surface area contributed by atoms with E-state index in [0.717, 1.165) is 5.56 Å². The van der Waals surface area contributed by atoms with E-state index in [1.54, 1.807) is 12.1 Å². The smallest absolute Gasteiger partial charge is 0.404 e. The summed E-state index contributed by atoms with van der Waals surface area (Å²) in [5, 5.41) is 33.2. The number of carboxylic acid groups (broad SMARTS) is 1. The van der Waals surface area contributed by atoms with Crippen LogP contribution in [0.1, 0.15) is 12.0 Å². The molecule has 0 saturated carbocycles. The number of hydrogen-bond donors (Lipinski definition) is 4. The van der Waals surface area contributed by atoms with Crippen molar-refractivity contribution in [1.29, 1.82) is 0 Å². The molecule has 4 N–H and O–H groups in total. The van der Waals surface area contributed by atoms with Crippen LogP contribution in [0, 0.1) is 10.1 Å². The number of nitro benzene ring substituents is 1. The molecule has 1 atom stereocenters.